The second-order valence-corrected chi connectivity index (χ2v) is 5.60. The van der Waals surface area contributed by atoms with E-state index in [0.717, 1.165) is 0 Å². The molecule has 0 saturated carbocycles. The molecule has 0 fully saturated rings. The van der Waals surface area contributed by atoms with Crippen LogP contribution in [0.5, 0.6) is 5.75 Å². The maximum absolute atomic E-state index is 12.8. The largest absolute Gasteiger partial charge is 0.497 e. The Morgan fingerprint density at radius 3 is 2.62 bits per heavy atom. The zero-order valence-electron chi connectivity index (χ0n) is 14.6. The van der Waals surface area contributed by atoms with Gasteiger partial charge in [0.2, 0.25) is 0 Å². The van der Waals surface area contributed by atoms with Crippen LogP contribution in [-0.4, -0.2) is 44.9 Å². The van der Waals surface area contributed by atoms with Gasteiger partial charge in [0.05, 0.1) is 19.4 Å². The summed E-state index contributed by atoms with van der Waals surface area (Å²) in [6, 6.07) is 14.0. The third kappa shape index (κ3) is 3.43. The van der Waals surface area contributed by atoms with Crippen molar-refractivity contribution in [2.75, 3.05) is 32.3 Å². The van der Waals surface area contributed by atoms with Crippen LogP contribution < -0.4 is 15.1 Å². The van der Waals surface area contributed by atoms with Crippen molar-refractivity contribution in [3.8, 4) is 5.75 Å². The van der Waals surface area contributed by atoms with Crippen LogP contribution in [0.3, 0.4) is 0 Å². The van der Waals surface area contributed by atoms with Gasteiger partial charge in [-0.25, -0.2) is 5.43 Å². The van der Waals surface area contributed by atoms with Gasteiger partial charge in [-0.3, -0.25) is 9.59 Å². The Labute approximate surface area is 151 Å². The molecule has 0 saturated heterocycles. The normalized spacial score (nSPS) is 14.5. The highest BCUT2D eigenvalue weighted by atomic mass is 16.5. The Kier molecular flexibility index (Phi) is 5.28. The molecule has 1 aliphatic rings. The Morgan fingerprint density at radius 2 is 1.92 bits per heavy atom. The summed E-state index contributed by atoms with van der Waals surface area (Å²) in [4.78, 5) is 26.5. The average Bonchev–Trinajstić information content (AvgIpc) is 2.95. The van der Waals surface area contributed by atoms with E-state index in [1.165, 1.54) is 0 Å². The molecule has 7 heteroatoms. The molecule has 0 radical (unpaired) electrons. The van der Waals surface area contributed by atoms with E-state index < -0.39 is 0 Å². The topological polar surface area (TPSA) is 80.2 Å². The van der Waals surface area contributed by atoms with Crippen molar-refractivity contribution >= 4 is 23.2 Å². The molecule has 1 N–H and O–H groups in total. The van der Waals surface area contributed by atoms with Gasteiger partial charge >= 0.3 is 0 Å². The van der Waals surface area contributed by atoms with Crippen LogP contribution in [0.4, 0.5) is 5.69 Å². The number of hydrogen-bond acceptors (Lipinski definition) is 5. The second-order valence-electron chi connectivity index (χ2n) is 5.60. The van der Waals surface area contributed by atoms with Crippen molar-refractivity contribution < 1.29 is 19.1 Å². The van der Waals surface area contributed by atoms with E-state index in [0.29, 0.717) is 35.7 Å². The van der Waals surface area contributed by atoms with Gasteiger partial charge in [-0.05, 0) is 24.3 Å². The predicted molar refractivity (Wildman–Crippen MR) is 97.7 cm³/mol. The minimum atomic E-state index is -0.378. The third-order valence-corrected chi connectivity index (χ3v) is 4.02. The van der Waals surface area contributed by atoms with Gasteiger partial charge in [0.25, 0.3) is 11.8 Å². The number of nitrogens with one attached hydrogen (secondary N) is 1. The van der Waals surface area contributed by atoms with Crippen LogP contribution in [0.2, 0.25) is 0 Å². The summed E-state index contributed by atoms with van der Waals surface area (Å²) >= 11 is 0. The monoisotopic (exact) mass is 353 g/mol. The van der Waals surface area contributed by atoms with Gasteiger partial charge < -0.3 is 14.4 Å². The number of hydrogen-bond donors (Lipinski definition) is 1. The summed E-state index contributed by atoms with van der Waals surface area (Å²) in [6.07, 6.45) is 0. The number of carbonyl (C=O) groups excluding carboxylic acids is 2. The number of anilines is 1. The number of carbonyl (C=O) groups is 2. The van der Waals surface area contributed by atoms with Gasteiger partial charge in [-0.15, -0.1) is 0 Å². The maximum atomic E-state index is 12.8. The molecule has 1 aliphatic heterocycles. The van der Waals surface area contributed by atoms with Crippen LogP contribution in [0, 0.1) is 0 Å². The number of nitrogens with zero attached hydrogens (tertiary/aromatic N) is 2. The van der Waals surface area contributed by atoms with Crippen LogP contribution in [0.25, 0.3) is 0 Å². The molecule has 26 heavy (non-hydrogen) atoms. The molecule has 0 aliphatic carbocycles. The first kappa shape index (κ1) is 17.6. The molecule has 1 heterocycles. The van der Waals surface area contributed by atoms with Crippen molar-refractivity contribution in [1.29, 1.82) is 0 Å². The molecule has 0 unspecified atom stereocenters. The molecule has 2 aromatic carbocycles. The summed E-state index contributed by atoms with van der Waals surface area (Å²) in [6.45, 7) is 0.757. The Morgan fingerprint density at radius 1 is 1.15 bits per heavy atom. The van der Waals surface area contributed by atoms with Crippen LogP contribution in [-0.2, 0) is 9.53 Å². The molecule has 2 amide bonds. The fraction of sp³-hybridized carbons (Fsp3) is 0.211. The fourth-order valence-electron chi connectivity index (χ4n) is 2.69. The first-order chi connectivity index (χ1) is 12.7. The van der Waals surface area contributed by atoms with E-state index in [9.17, 15) is 9.59 Å². The lowest BCUT2D eigenvalue weighted by Crippen LogP contribution is -2.34. The molecule has 0 bridgehead atoms. The average molecular weight is 353 g/mol. The van der Waals surface area contributed by atoms with Gasteiger partial charge in [-0.1, -0.05) is 18.2 Å². The Hall–Kier alpha value is -3.19. The summed E-state index contributed by atoms with van der Waals surface area (Å²) in [5, 5.41) is 4.08. The zero-order chi connectivity index (χ0) is 18.5. The van der Waals surface area contributed by atoms with E-state index in [1.54, 1.807) is 61.6 Å². The van der Waals surface area contributed by atoms with Gasteiger partial charge in [0.1, 0.15) is 5.75 Å². The van der Waals surface area contributed by atoms with E-state index >= 15 is 0 Å². The van der Waals surface area contributed by atoms with Crippen molar-refractivity contribution in [2.45, 2.75) is 0 Å². The lowest BCUT2D eigenvalue weighted by molar-refractivity contribution is -0.112. The minimum Gasteiger partial charge on any atom is -0.497 e. The molecule has 0 spiro atoms. The highest BCUT2D eigenvalue weighted by molar-refractivity contribution is 6.54. The zero-order valence-corrected chi connectivity index (χ0v) is 14.6. The molecule has 0 aromatic heterocycles. The highest BCUT2D eigenvalue weighted by Crippen LogP contribution is 2.32. The van der Waals surface area contributed by atoms with E-state index in [-0.39, 0.29) is 17.5 Å². The minimum absolute atomic E-state index is 0.183. The lowest BCUT2D eigenvalue weighted by Gasteiger charge is -2.16. The number of benzene rings is 2. The molecule has 134 valence electrons. The van der Waals surface area contributed by atoms with E-state index in [4.69, 9.17) is 9.47 Å². The van der Waals surface area contributed by atoms with E-state index in [2.05, 4.69) is 10.5 Å². The van der Waals surface area contributed by atoms with Gasteiger partial charge in [0, 0.05) is 30.8 Å². The molecular weight excluding hydrogens is 334 g/mol. The van der Waals surface area contributed by atoms with Crippen molar-refractivity contribution in [3.05, 3.63) is 59.7 Å². The maximum Gasteiger partial charge on any atom is 0.279 e. The summed E-state index contributed by atoms with van der Waals surface area (Å²) in [5.41, 5.74) is 4.42. The van der Waals surface area contributed by atoms with Crippen LogP contribution in [0.15, 0.2) is 53.6 Å². The number of rotatable bonds is 6. The standard InChI is InChI=1S/C19H19N3O4/c1-25-11-10-22-16-12-14(26-2)8-9-15(16)17(19(22)24)20-21-18(23)13-6-4-3-5-7-13/h3-9,12H,10-11H2,1-2H3,(H,21,23)/b20-17-. The summed E-state index contributed by atoms with van der Waals surface area (Å²) in [7, 11) is 3.13. The number of fused-ring (bicyclic) bond motifs is 1. The van der Waals surface area contributed by atoms with Crippen molar-refractivity contribution in [2.24, 2.45) is 5.10 Å². The quantitative estimate of drug-likeness (QED) is 0.804. The molecule has 3 rings (SSSR count). The number of hydrazone groups is 1. The number of ether oxygens (including phenoxy) is 2. The first-order valence-corrected chi connectivity index (χ1v) is 8.08. The summed E-state index contributed by atoms with van der Waals surface area (Å²) < 4.78 is 10.3. The molecule has 0 atom stereocenters. The fourth-order valence-corrected chi connectivity index (χ4v) is 2.69. The molecule has 7 nitrogen and oxygen atoms in total. The number of amides is 2. The van der Waals surface area contributed by atoms with Crippen LogP contribution >= 0.6 is 0 Å². The van der Waals surface area contributed by atoms with Crippen molar-refractivity contribution in [3.63, 3.8) is 0 Å². The highest BCUT2D eigenvalue weighted by Gasteiger charge is 2.34. The Balaban J connectivity index is 1.90. The third-order valence-electron chi connectivity index (χ3n) is 4.02. The molecule has 2 aromatic rings. The second kappa shape index (κ2) is 7.79. The van der Waals surface area contributed by atoms with Crippen LogP contribution in [0.1, 0.15) is 15.9 Å². The van der Waals surface area contributed by atoms with Crippen molar-refractivity contribution in [1.82, 2.24) is 5.43 Å². The Bertz CT molecular complexity index is 849. The van der Waals surface area contributed by atoms with E-state index in [1.807, 2.05) is 6.07 Å². The SMILES string of the molecule is COCCN1C(=O)/C(=N\NC(=O)c2ccccc2)c2ccc(OC)cc21. The smallest absolute Gasteiger partial charge is 0.279 e. The lowest BCUT2D eigenvalue weighted by atomic mass is 10.1. The number of methoxy groups -OCH3 is 2. The van der Waals surface area contributed by atoms with Gasteiger partial charge in [-0.2, -0.15) is 5.10 Å². The first-order valence-electron chi connectivity index (χ1n) is 8.08. The predicted octanol–water partition coefficient (Wildman–Crippen LogP) is 1.82. The van der Waals surface area contributed by atoms with Gasteiger partial charge in [0.15, 0.2) is 5.71 Å². The molecular formula is C19H19N3O4. The summed E-state index contributed by atoms with van der Waals surface area (Å²) in [5.74, 6) is -0.0384.